The molecule has 0 bridgehead atoms. The highest BCUT2D eigenvalue weighted by Crippen LogP contribution is 2.33. The van der Waals surface area contributed by atoms with Gasteiger partial charge in [0.15, 0.2) is 11.6 Å². The Balaban J connectivity index is 1.51. The van der Waals surface area contributed by atoms with Crippen LogP contribution in [0.2, 0.25) is 5.02 Å². The quantitative estimate of drug-likeness (QED) is 0.332. The molecule has 0 unspecified atom stereocenters. The summed E-state index contributed by atoms with van der Waals surface area (Å²) in [6.07, 6.45) is 1.80. The molecule has 0 saturated carbocycles. The number of aromatic amines is 1. The molecule has 1 aliphatic rings. The van der Waals surface area contributed by atoms with Crippen LogP contribution in [0.25, 0.3) is 0 Å². The lowest BCUT2D eigenvalue weighted by atomic mass is 9.86. The largest absolute Gasteiger partial charge is 0.386 e. The molecule has 36 heavy (non-hydrogen) atoms. The number of pyridine rings is 1. The second-order valence-electron chi connectivity index (χ2n) is 10.2. The van der Waals surface area contributed by atoms with E-state index in [0.29, 0.717) is 37.4 Å². The number of likely N-dealkylation sites (tertiary alicyclic amines) is 1. The van der Waals surface area contributed by atoms with E-state index in [4.69, 9.17) is 11.6 Å². The van der Waals surface area contributed by atoms with E-state index in [-0.39, 0.29) is 40.3 Å². The Labute approximate surface area is 213 Å². The zero-order valence-corrected chi connectivity index (χ0v) is 21.6. The number of halogens is 4. The first kappa shape index (κ1) is 26.4. The summed E-state index contributed by atoms with van der Waals surface area (Å²) in [4.78, 5) is 6.52. The van der Waals surface area contributed by atoms with Crippen LogP contribution in [0.4, 0.5) is 24.8 Å². The van der Waals surface area contributed by atoms with Crippen molar-refractivity contribution in [2.24, 2.45) is 5.92 Å². The fourth-order valence-corrected chi connectivity index (χ4v) is 4.95. The second kappa shape index (κ2) is 10.4. The molecular formula is C26H31ClF3N5O. The molecule has 194 valence electrons. The molecule has 4 rings (SSSR count). The number of anilines is 2. The van der Waals surface area contributed by atoms with Gasteiger partial charge in [-0.15, -0.1) is 0 Å². The van der Waals surface area contributed by atoms with Crippen molar-refractivity contribution in [2.75, 3.05) is 11.9 Å². The maximum Gasteiger partial charge on any atom is 0.153 e. The number of nitrogens with one attached hydrogen (secondary N) is 2. The zero-order valence-electron chi connectivity index (χ0n) is 20.8. The van der Waals surface area contributed by atoms with Gasteiger partial charge in [-0.3, -0.25) is 10.00 Å². The summed E-state index contributed by atoms with van der Waals surface area (Å²) in [5.41, 5.74) is -0.160. The molecule has 10 heteroatoms. The van der Waals surface area contributed by atoms with Gasteiger partial charge in [0.05, 0.1) is 16.3 Å². The number of benzene rings is 1. The Morgan fingerprint density at radius 1 is 1.19 bits per heavy atom. The number of piperidine rings is 1. The van der Waals surface area contributed by atoms with Crippen LogP contribution in [-0.2, 0) is 18.6 Å². The topological polar surface area (TPSA) is 77.1 Å². The van der Waals surface area contributed by atoms with Gasteiger partial charge in [0.2, 0.25) is 0 Å². The summed E-state index contributed by atoms with van der Waals surface area (Å²) in [6.45, 7) is 7.65. The van der Waals surface area contributed by atoms with Crippen molar-refractivity contribution in [1.29, 1.82) is 0 Å². The average molecular weight is 522 g/mol. The number of aromatic nitrogens is 3. The van der Waals surface area contributed by atoms with Crippen molar-refractivity contribution in [3.8, 4) is 0 Å². The molecule has 6 nitrogen and oxygen atoms in total. The molecule has 0 amide bonds. The Bertz CT molecular complexity index is 1240. The standard InChI is InChI=1S/C26H31ClF3N5O/c1-14-9-23(34-33-14)32-22-12-18(26(3,4)36)25(30)21(31-22)11-16-7-8-35(15(2)10-16)13-17-20(28)6-5-19(27)24(17)29/h5-6,9,12,15-16,36H,7-8,10-11,13H2,1-4H3,(H2,31,32,33,34)/t15-,16-/m1/s1. The van der Waals surface area contributed by atoms with Crippen molar-refractivity contribution in [3.05, 3.63) is 69.3 Å². The number of rotatable bonds is 7. The third kappa shape index (κ3) is 5.85. The first-order valence-electron chi connectivity index (χ1n) is 12.0. The van der Waals surface area contributed by atoms with Crippen LogP contribution in [-0.4, -0.2) is 37.8 Å². The molecule has 3 aromatic rings. The van der Waals surface area contributed by atoms with Crippen LogP contribution >= 0.6 is 11.6 Å². The molecule has 2 atom stereocenters. The van der Waals surface area contributed by atoms with Gasteiger partial charge in [0, 0.05) is 35.5 Å². The molecule has 3 heterocycles. The lowest BCUT2D eigenvalue weighted by Crippen LogP contribution is -2.41. The van der Waals surface area contributed by atoms with Crippen LogP contribution in [0.1, 0.15) is 56.1 Å². The third-order valence-electron chi connectivity index (χ3n) is 6.75. The smallest absolute Gasteiger partial charge is 0.153 e. The highest BCUT2D eigenvalue weighted by molar-refractivity contribution is 6.30. The number of H-pyrrole nitrogens is 1. The van der Waals surface area contributed by atoms with Gasteiger partial charge in [-0.25, -0.2) is 18.2 Å². The van der Waals surface area contributed by atoms with E-state index in [1.165, 1.54) is 32.0 Å². The van der Waals surface area contributed by atoms with Crippen LogP contribution in [0.15, 0.2) is 24.3 Å². The highest BCUT2D eigenvalue weighted by Gasteiger charge is 2.30. The number of hydrogen-bond donors (Lipinski definition) is 3. The van der Waals surface area contributed by atoms with Crippen LogP contribution in [0.5, 0.6) is 0 Å². The molecule has 1 fully saturated rings. The Kier molecular flexibility index (Phi) is 7.64. The fraction of sp³-hybridized carbons (Fsp3) is 0.462. The molecule has 1 aliphatic heterocycles. The Morgan fingerprint density at radius 2 is 1.94 bits per heavy atom. The van der Waals surface area contributed by atoms with Crippen LogP contribution < -0.4 is 5.32 Å². The van der Waals surface area contributed by atoms with Gasteiger partial charge >= 0.3 is 0 Å². The SMILES string of the molecule is Cc1cc(Nc2cc(C(C)(C)O)c(F)c(C[C@@H]3CCN(Cc4c(F)ccc(Cl)c4F)[C@H](C)C3)n2)n[nH]1. The van der Waals surface area contributed by atoms with Crippen molar-refractivity contribution >= 4 is 23.2 Å². The zero-order chi connectivity index (χ0) is 26.2. The van der Waals surface area contributed by atoms with Crippen molar-refractivity contribution < 1.29 is 18.3 Å². The maximum absolute atomic E-state index is 15.5. The molecule has 1 saturated heterocycles. The Hall–Kier alpha value is -2.62. The van der Waals surface area contributed by atoms with E-state index >= 15 is 4.39 Å². The first-order chi connectivity index (χ1) is 16.9. The monoisotopic (exact) mass is 521 g/mol. The van der Waals surface area contributed by atoms with E-state index in [1.54, 1.807) is 6.07 Å². The molecule has 2 aromatic heterocycles. The molecule has 0 spiro atoms. The maximum atomic E-state index is 15.5. The second-order valence-corrected chi connectivity index (χ2v) is 10.6. The normalized spacial score (nSPS) is 19.0. The van der Waals surface area contributed by atoms with E-state index in [2.05, 4.69) is 20.5 Å². The Morgan fingerprint density at radius 3 is 2.58 bits per heavy atom. The number of aliphatic hydroxyl groups is 1. The minimum Gasteiger partial charge on any atom is -0.386 e. The van der Waals surface area contributed by atoms with Crippen molar-refractivity contribution in [2.45, 2.75) is 65.1 Å². The highest BCUT2D eigenvalue weighted by atomic mass is 35.5. The minimum absolute atomic E-state index is 0.0201. The first-order valence-corrected chi connectivity index (χ1v) is 12.4. The lowest BCUT2D eigenvalue weighted by Gasteiger charge is -2.38. The molecule has 0 radical (unpaired) electrons. The van der Waals surface area contributed by atoms with Gasteiger partial charge in [0.25, 0.3) is 0 Å². The van der Waals surface area contributed by atoms with Gasteiger partial charge in [0.1, 0.15) is 17.5 Å². The summed E-state index contributed by atoms with van der Waals surface area (Å²) >= 11 is 5.85. The van der Waals surface area contributed by atoms with Crippen molar-refractivity contribution in [1.82, 2.24) is 20.1 Å². The number of nitrogens with zero attached hydrogens (tertiary/aromatic N) is 3. The predicted octanol–water partition coefficient (Wildman–Crippen LogP) is 6.00. The summed E-state index contributed by atoms with van der Waals surface area (Å²) in [6, 6.07) is 5.72. The molecule has 0 aliphatic carbocycles. The molecule has 1 aromatic carbocycles. The van der Waals surface area contributed by atoms with Gasteiger partial charge in [-0.2, -0.15) is 5.10 Å². The van der Waals surface area contributed by atoms with E-state index < -0.39 is 23.1 Å². The fourth-order valence-electron chi connectivity index (χ4n) is 4.77. The molecule has 3 N–H and O–H groups in total. The van der Waals surface area contributed by atoms with Crippen LogP contribution in [0, 0.1) is 30.3 Å². The van der Waals surface area contributed by atoms with Gasteiger partial charge in [-0.1, -0.05) is 11.6 Å². The summed E-state index contributed by atoms with van der Waals surface area (Å²) in [5.74, 6) is -0.816. The van der Waals surface area contributed by atoms with Crippen molar-refractivity contribution in [3.63, 3.8) is 0 Å². The predicted molar refractivity (Wildman–Crippen MR) is 134 cm³/mol. The lowest BCUT2D eigenvalue weighted by molar-refractivity contribution is 0.0739. The summed E-state index contributed by atoms with van der Waals surface area (Å²) < 4.78 is 44.1. The molecular weight excluding hydrogens is 491 g/mol. The third-order valence-corrected chi connectivity index (χ3v) is 7.04. The van der Waals surface area contributed by atoms with Crippen LogP contribution in [0.3, 0.4) is 0 Å². The van der Waals surface area contributed by atoms with E-state index in [0.717, 1.165) is 5.69 Å². The average Bonchev–Trinajstić information content (AvgIpc) is 3.21. The number of hydrogen-bond acceptors (Lipinski definition) is 5. The van der Waals surface area contributed by atoms with Gasteiger partial charge in [-0.05, 0) is 77.6 Å². The summed E-state index contributed by atoms with van der Waals surface area (Å²) in [5, 5.41) is 20.5. The van der Waals surface area contributed by atoms with E-state index in [1.807, 2.05) is 18.7 Å². The number of aryl methyl sites for hydroxylation is 1. The van der Waals surface area contributed by atoms with E-state index in [9.17, 15) is 13.9 Å². The summed E-state index contributed by atoms with van der Waals surface area (Å²) in [7, 11) is 0. The van der Waals surface area contributed by atoms with Gasteiger partial charge < -0.3 is 10.4 Å². The minimum atomic E-state index is -1.40.